The van der Waals surface area contributed by atoms with Crippen LogP contribution in [-0.4, -0.2) is 31.3 Å². The Morgan fingerprint density at radius 3 is 2.61 bits per heavy atom. The van der Waals surface area contributed by atoms with Crippen LogP contribution in [0.1, 0.15) is 35.8 Å². The first-order valence-corrected chi connectivity index (χ1v) is 9.88. The third kappa shape index (κ3) is 4.33. The second-order valence-corrected chi connectivity index (χ2v) is 7.50. The molecule has 33 heavy (non-hydrogen) atoms. The van der Waals surface area contributed by atoms with Crippen LogP contribution in [0.5, 0.6) is 0 Å². The van der Waals surface area contributed by atoms with Gasteiger partial charge in [-0.25, -0.2) is 23.5 Å². The maximum Gasteiger partial charge on any atom is 0.323 e. The molecule has 9 nitrogen and oxygen atoms in total. The van der Waals surface area contributed by atoms with Crippen molar-refractivity contribution in [2.24, 2.45) is 0 Å². The SMILES string of the molecule is CC(C)n1cc(C(=O)c2cncc(NC(=O)Nc3ccc(F)cc3F)c2)c2c(N)ncnc21. The number of nitrogens with two attached hydrogens (primary N) is 1. The van der Waals surface area contributed by atoms with Crippen LogP contribution in [-0.2, 0) is 0 Å². The largest absolute Gasteiger partial charge is 0.383 e. The molecule has 168 valence electrons. The lowest BCUT2D eigenvalue weighted by Gasteiger charge is -2.09. The van der Waals surface area contributed by atoms with Crippen LogP contribution < -0.4 is 16.4 Å². The molecule has 0 aliphatic heterocycles. The zero-order chi connectivity index (χ0) is 23.7. The monoisotopic (exact) mass is 451 g/mol. The van der Waals surface area contributed by atoms with E-state index in [-0.39, 0.29) is 34.6 Å². The summed E-state index contributed by atoms with van der Waals surface area (Å²) < 4.78 is 28.6. The van der Waals surface area contributed by atoms with E-state index in [4.69, 9.17) is 5.73 Å². The molecule has 3 heterocycles. The second-order valence-electron chi connectivity index (χ2n) is 7.50. The number of halogens is 2. The Morgan fingerprint density at radius 1 is 1.09 bits per heavy atom. The number of nitrogen functional groups attached to an aromatic ring is 1. The van der Waals surface area contributed by atoms with Gasteiger partial charge in [0.05, 0.1) is 28.5 Å². The minimum Gasteiger partial charge on any atom is -0.383 e. The fourth-order valence-corrected chi connectivity index (χ4v) is 3.34. The van der Waals surface area contributed by atoms with E-state index in [1.807, 2.05) is 18.4 Å². The van der Waals surface area contributed by atoms with Crippen molar-refractivity contribution in [2.75, 3.05) is 16.4 Å². The van der Waals surface area contributed by atoms with Crippen LogP contribution in [0.2, 0.25) is 0 Å². The summed E-state index contributed by atoms with van der Waals surface area (Å²) >= 11 is 0. The highest BCUT2D eigenvalue weighted by atomic mass is 19.1. The Hall–Kier alpha value is -4.41. The fraction of sp³-hybridized carbons (Fsp3) is 0.136. The van der Waals surface area contributed by atoms with Gasteiger partial charge in [-0.05, 0) is 32.0 Å². The van der Waals surface area contributed by atoms with Crippen molar-refractivity contribution in [3.8, 4) is 0 Å². The highest BCUT2D eigenvalue weighted by Gasteiger charge is 2.22. The minimum atomic E-state index is -0.923. The Morgan fingerprint density at radius 2 is 1.88 bits per heavy atom. The maximum absolute atomic E-state index is 13.8. The number of nitrogens with one attached hydrogen (secondary N) is 2. The molecule has 3 aromatic heterocycles. The number of fused-ring (bicyclic) bond motifs is 1. The quantitative estimate of drug-likeness (QED) is 0.391. The number of nitrogens with zero attached hydrogens (tertiary/aromatic N) is 4. The minimum absolute atomic E-state index is 0.0185. The van der Waals surface area contributed by atoms with Gasteiger partial charge in [-0.2, -0.15) is 0 Å². The number of rotatable bonds is 5. The Balaban J connectivity index is 1.60. The lowest BCUT2D eigenvalue weighted by Crippen LogP contribution is -2.20. The summed E-state index contributed by atoms with van der Waals surface area (Å²) in [7, 11) is 0. The van der Waals surface area contributed by atoms with E-state index < -0.39 is 17.7 Å². The predicted molar refractivity (Wildman–Crippen MR) is 119 cm³/mol. The van der Waals surface area contributed by atoms with Gasteiger partial charge in [0.1, 0.15) is 29.4 Å². The van der Waals surface area contributed by atoms with Crippen molar-refractivity contribution in [2.45, 2.75) is 19.9 Å². The summed E-state index contributed by atoms with van der Waals surface area (Å²) in [6.45, 7) is 3.89. The van der Waals surface area contributed by atoms with Crippen LogP contribution in [0.15, 0.2) is 49.2 Å². The molecular weight excluding hydrogens is 432 g/mol. The van der Waals surface area contributed by atoms with Crippen molar-refractivity contribution < 1.29 is 18.4 Å². The smallest absolute Gasteiger partial charge is 0.323 e. The molecule has 0 aliphatic carbocycles. The van der Waals surface area contributed by atoms with Crippen LogP contribution in [0.4, 0.5) is 30.8 Å². The molecule has 0 saturated heterocycles. The highest BCUT2D eigenvalue weighted by Crippen LogP contribution is 2.28. The van der Waals surface area contributed by atoms with E-state index >= 15 is 0 Å². The van der Waals surface area contributed by atoms with Crippen molar-refractivity contribution in [1.29, 1.82) is 0 Å². The predicted octanol–water partition coefficient (Wildman–Crippen LogP) is 4.14. The van der Waals surface area contributed by atoms with Gasteiger partial charge in [-0.1, -0.05) is 0 Å². The second kappa shape index (κ2) is 8.61. The molecule has 0 bridgehead atoms. The van der Waals surface area contributed by atoms with Gasteiger partial charge >= 0.3 is 6.03 Å². The average molecular weight is 451 g/mol. The molecule has 0 aliphatic rings. The number of benzene rings is 1. The van der Waals surface area contributed by atoms with E-state index in [1.165, 1.54) is 24.8 Å². The number of anilines is 3. The number of hydrogen-bond acceptors (Lipinski definition) is 6. The molecule has 0 atom stereocenters. The zero-order valence-corrected chi connectivity index (χ0v) is 17.6. The van der Waals surface area contributed by atoms with E-state index in [0.29, 0.717) is 22.7 Å². The first-order valence-electron chi connectivity index (χ1n) is 9.88. The number of ketones is 1. The average Bonchev–Trinajstić information content (AvgIpc) is 3.17. The van der Waals surface area contributed by atoms with Gasteiger partial charge in [0.15, 0.2) is 5.78 Å². The van der Waals surface area contributed by atoms with Crippen LogP contribution in [0.25, 0.3) is 11.0 Å². The van der Waals surface area contributed by atoms with Crippen molar-refractivity contribution in [1.82, 2.24) is 19.5 Å². The fourth-order valence-electron chi connectivity index (χ4n) is 3.34. The van der Waals surface area contributed by atoms with Crippen LogP contribution >= 0.6 is 0 Å². The Labute approximate surface area is 186 Å². The molecule has 0 unspecified atom stereocenters. The molecule has 0 saturated carbocycles. The summed E-state index contributed by atoms with van der Waals surface area (Å²) in [5.74, 6) is -1.90. The number of pyridine rings is 1. The van der Waals surface area contributed by atoms with E-state index in [9.17, 15) is 18.4 Å². The normalized spacial score (nSPS) is 11.1. The lowest BCUT2D eigenvalue weighted by molar-refractivity contribution is 0.103. The summed E-state index contributed by atoms with van der Waals surface area (Å²) in [6, 6.07) is 3.42. The molecule has 4 aromatic rings. The van der Waals surface area contributed by atoms with E-state index in [1.54, 1.807) is 6.20 Å². The molecule has 0 fully saturated rings. The van der Waals surface area contributed by atoms with Gasteiger partial charge in [0.2, 0.25) is 0 Å². The molecule has 11 heteroatoms. The summed E-state index contributed by atoms with van der Waals surface area (Å²) in [6.07, 6.45) is 5.67. The Bertz CT molecular complexity index is 1380. The number of amides is 2. The number of hydrogen-bond donors (Lipinski definition) is 3. The number of carbonyl (C=O) groups is 2. The number of carbonyl (C=O) groups excluding carboxylic acids is 2. The van der Waals surface area contributed by atoms with E-state index in [2.05, 4.69) is 25.6 Å². The number of aromatic nitrogens is 4. The van der Waals surface area contributed by atoms with Crippen molar-refractivity contribution in [3.05, 3.63) is 71.9 Å². The summed E-state index contributed by atoms with van der Waals surface area (Å²) in [5, 5.41) is 5.17. The number of urea groups is 1. The summed E-state index contributed by atoms with van der Waals surface area (Å²) in [4.78, 5) is 37.8. The highest BCUT2D eigenvalue weighted by molar-refractivity contribution is 6.18. The van der Waals surface area contributed by atoms with Crippen LogP contribution in [0.3, 0.4) is 0 Å². The third-order valence-corrected chi connectivity index (χ3v) is 4.88. The van der Waals surface area contributed by atoms with Crippen molar-refractivity contribution >= 4 is 40.0 Å². The first-order chi connectivity index (χ1) is 15.7. The van der Waals surface area contributed by atoms with Gasteiger partial charge < -0.3 is 20.9 Å². The topological polar surface area (TPSA) is 128 Å². The third-order valence-electron chi connectivity index (χ3n) is 4.88. The zero-order valence-electron chi connectivity index (χ0n) is 17.6. The molecule has 0 spiro atoms. The molecule has 1 aromatic carbocycles. The summed E-state index contributed by atoms with van der Waals surface area (Å²) in [5.41, 5.74) is 7.03. The molecule has 2 amide bonds. The van der Waals surface area contributed by atoms with E-state index in [0.717, 1.165) is 12.1 Å². The van der Waals surface area contributed by atoms with Gasteiger partial charge in [0, 0.05) is 30.1 Å². The Kier molecular flexibility index (Phi) is 5.69. The first kappa shape index (κ1) is 21.8. The van der Waals surface area contributed by atoms with Gasteiger partial charge in [0.25, 0.3) is 0 Å². The van der Waals surface area contributed by atoms with Gasteiger partial charge in [-0.15, -0.1) is 0 Å². The molecular formula is C22H19F2N7O2. The standard InChI is InChI=1S/C22H19F2N7O2/c1-11(2)31-9-15(18-20(25)27-10-28-21(18)31)19(32)12-5-14(8-26-7-12)29-22(33)30-17-4-3-13(23)6-16(17)24/h3-11H,1-2H3,(H2,25,27,28)(H2,29,30,33). The maximum atomic E-state index is 13.8. The molecule has 0 radical (unpaired) electrons. The van der Waals surface area contributed by atoms with Crippen molar-refractivity contribution in [3.63, 3.8) is 0 Å². The molecule has 4 rings (SSSR count). The van der Waals surface area contributed by atoms with Crippen LogP contribution in [0, 0.1) is 11.6 Å². The lowest BCUT2D eigenvalue weighted by atomic mass is 10.1. The van der Waals surface area contributed by atoms with Gasteiger partial charge in [-0.3, -0.25) is 9.78 Å². The molecule has 4 N–H and O–H groups in total.